The van der Waals surface area contributed by atoms with Gasteiger partial charge in [-0.3, -0.25) is 4.79 Å². The maximum Gasteiger partial charge on any atom is 0.330 e. The predicted molar refractivity (Wildman–Crippen MR) is 136 cm³/mol. The summed E-state index contributed by atoms with van der Waals surface area (Å²) in [6, 6.07) is 0. The Morgan fingerprint density at radius 2 is 1.81 bits per heavy atom. The van der Waals surface area contributed by atoms with E-state index in [1.807, 2.05) is 0 Å². The van der Waals surface area contributed by atoms with Gasteiger partial charge >= 0.3 is 5.97 Å². The molecule has 5 rings (SSSR count). The van der Waals surface area contributed by atoms with Crippen molar-refractivity contribution < 1.29 is 29.6 Å². The maximum atomic E-state index is 14.2. The SMILES string of the molecule is C/C(=C\CC[C@@H](C)[C@@]1(C)C[C@]2(O)O[C@]23[C@]1(C)CCC(=O)[C@@]31CC[C@@H]2C(C)(C)[C@@H](O)CC[C@@]21C)C(=O)O. The Balaban J connectivity index is 1.56. The van der Waals surface area contributed by atoms with Crippen molar-refractivity contribution in [1.29, 1.82) is 0 Å². The van der Waals surface area contributed by atoms with Gasteiger partial charge in [0.2, 0.25) is 0 Å². The molecule has 3 N–H and O–H groups in total. The van der Waals surface area contributed by atoms with E-state index in [1.54, 1.807) is 13.0 Å². The van der Waals surface area contributed by atoms with E-state index in [9.17, 15) is 24.9 Å². The molecular weight excluding hydrogens is 456 g/mol. The van der Waals surface area contributed by atoms with Crippen LogP contribution in [0.5, 0.6) is 0 Å². The number of carbonyl (C=O) groups is 2. The Bertz CT molecular complexity index is 1030. The Kier molecular flexibility index (Phi) is 5.45. The zero-order valence-electron chi connectivity index (χ0n) is 23.2. The maximum absolute atomic E-state index is 14.2. The Morgan fingerprint density at radius 3 is 2.44 bits per heavy atom. The molecule has 0 aromatic heterocycles. The number of carbonyl (C=O) groups excluding carboxylic acids is 1. The highest BCUT2D eigenvalue weighted by atomic mass is 16.8. The van der Waals surface area contributed by atoms with E-state index >= 15 is 0 Å². The van der Waals surface area contributed by atoms with Crippen molar-refractivity contribution in [3.63, 3.8) is 0 Å². The van der Waals surface area contributed by atoms with Gasteiger partial charge in [0.25, 0.3) is 0 Å². The number of ether oxygens (including phenoxy) is 1. The number of hydrogen-bond acceptors (Lipinski definition) is 5. The molecule has 6 nitrogen and oxygen atoms in total. The number of aliphatic hydroxyl groups excluding tert-OH is 1. The van der Waals surface area contributed by atoms with Gasteiger partial charge in [0.05, 0.1) is 11.5 Å². The molecule has 4 aliphatic carbocycles. The standard InChI is InChI=1S/C30H46O6/c1-18(23(33)34)9-8-10-19(2)26(6)17-29(35)30(36-29)27(26,7)15-13-22(32)28(30)16-11-20-24(3,4)21(31)12-14-25(20,28)5/h9,19-21,31,35H,8,10-17H2,1-7H3,(H,33,34)/b18-9+/t19-,20-,21+,25+,26-,27-,28-,29+,30+/m1/s1. The number of fused-ring (bicyclic) bond motifs is 2. The fourth-order valence-corrected chi connectivity index (χ4v) is 10.7. The van der Waals surface area contributed by atoms with Crippen molar-refractivity contribution in [3.05, 3.63) is 11.6 Å². The second-order valence-electron chi connectivity index (χ2n) is 14.4. The molecule has 9 atom stereocenters. The van der Waals surface area contributed by atoms with Crippen LogP contribution in [-0.4, -0.2) is 44.6 Å². The van der Waals surface area contributed by atoms with E-state index in [0.29, 0.717) is 44.1 Å². The van der Waals surface area contributed by atoms with Crippen LogP contribution in [0.25, 0.3) is 0 Å². The van der Waals surface area contributed by atoms with Crippen LogP contribution < -0.4 is 0 Å². The first-order chi connectivity index (χ1) is 16.5. The number of aliphatic carboxylic acids is 1. The van der Waals surface area contributed by atoms with E-state index in [-0.39, 0.29) is 45.4 Å². The Labute approximate surface area is 215 Å². The molecule has 0 bridgehead atoms. The minimum Gasteiger partial charge on any atom is -0.478 e. The molecule has 6 heteroatoms. The van der Waals surface area contributed by atoms with E-state index in [2.05, 4.69) is 41.5 Å². The summed E-state index contributed by atoms with van der Waals surface area (Å²) in [4.78, 5) is 25.4. The lowest BCUT2D eigenvalue weighted by atomic mass is 9.39. The van der Waals surface area contributed by atoms with Crippen LogP contribution in [0.2, 0.25) is 0 Å². The largest absolute Gasteiger partial charge is 0.478 e. The number of ketones is 1. The molecule has 0 radical (unpaired) electrons. The molecule has 1 aliphatic heterocycles. The van der Waals surface area contributed by atoms with Crippen LogP contribution in [0.4, 0.5) is 0 Å². The zero-order chi connectivity index (χ0) is 26.7. The number of carboxylic acid groups (broad SMARTS) is 1. The van der Waals surface area contributed by atoms with Gasteiger partial charge in [-0.1, -0.05) is 47.6 Å². The number of epoxide rings is 1. The molecule has 0 aromatic rings. The molecule has 4 saturated carbocycles. The second-order valence-corrected chi connectivity index (χ2v) is 14.4. The number of aliphatic hydroxyl groups is 2. The highest BCUT2D eigenvalue weighted by molar-refractivity contribution is 5.90. The molecule has 1 heterocycles. The van der Waals surface area contributed by atoms with Crippen molar-refractivity contribution in [2.24, 2.45) is 38.9 Å². The summed E-state index contributed by atoms with van der Waals surface area (Å²) < 4.78 is 6.55. The van der Waals surface area contributed by atoms with Gasteiger partial charge in [-0.15, -0.1) is 0 Å². The van der Waals surface area contributed by atoms with Gasteiger partial charge in [0, 0.05) is 23.8 Å². The highest BCUT2D eigenvalue weighted by Gasteiger charge is 2.97. The highest BCUT2D eigenvalue weighted by Crippen LogP contribution is 2.88. The monoisotopic (exact) mass is 502 g/mol. The van der Waals surface area contributed by atoms with Crippen LogP contribution >= 0.6 is 0 Å². The third kappa shape index (κ3) is 2.65. The summed E-state index contributed by atoms with van der Waals surface area (Å²) in [7, 11) is 0. The van der Waals surface area contributed by atoms with Crippen LogP contribution in [0.1, 0.15) is 106 Å². The van der Waals surface area contributed by atoms with E-state index in [1.165, 1.54) is 0 Å². The first kappa shape index (κ1) is 26.4. The minimum atomic E-state index is -1.31. The van der Waals surface area contributed by atoms with E-state index < -0.39 is 22.8 Å². The number of allylic oxidation sites excluding steroid dienone is 1. The van der Waals surface area contributed by atoms with Crippen molar-refractivity contribution >= 4 is 11.8 Å². The zero-order valence-corrected chi connectivity index (χ0v) is 23.2. The van der Waals surface area contributed by atoms with Gasteiger partial charge in [-0.05, 0) is 80.0 Å². The van der Waals surface area contributed by atoms with Gasteiger partial charge in [-0.25, -0.2) is 4.79 Å². The molecule has 0 aromatic carbocycles. The van der Waals surface area contributed by atoms with Crippen molar-refractivity contribution in [2.75, 3.05) is 0 Å². The first-order valence-electron chi connectivity index (χ1n) is 14.0. The summed E-state index contributed by atoms with van der Waals surface area (Å²) in [5, 5.41) is 32.3. The minimum absolute atomic E-state index is 0.191. The average molecular weight is 503 g/mol. The molecular formula is C30H46O6. The van der Waals surface area contributed by atoms with Crippen LogP contribution in [-0.2, 0) is 14.3 Å². The van der Waals surface area contributed by atoms with E-state index in [4.69, 9.17) is 4.74 Å². The Hall–Kier alpha value is -1.24. The predicted octanol–water partition coefficient (Wildman–Crippen LogP) is 5.25. The third-order valence-corrected chi connectivity index (χ3v) is 13.1. The van der Waals surface area contributed by atoms with Crippen LogP contribution in [0.15, 0.2) is 11.6 Å². The smallest absolute Gasteiger partial charge is 0.330 e. The number of hydrogen-bond donors (Lipinski definition) is 3. The summed E-state index contributed by atoms with van der Waals surface area (Å²) in [6.45, 7) is 14.9. The number of rotatable bonds is 5. The first-order valence-corrected chi connectivity index (χ1v) is 14.0. The number of carboxylic acids is 1. The summed E-state index contributed by atoms with van der Waals surface area (Å²) >= 11 is 0. The van der Waals surface area contributed by atoms with Crippen LogP contribution in [0, 0.1) is 38.9 Å². The fourth-order valence-electron chi connectivity index (χ4n) is 10.7. The second kappa shape index (κ2) is 7.45. The molecule has 36 heavy (non-hydrogen) atoms. The van der Waals surface area contributed by atoms with Gasteiger partial charge in [0.15, 0.2) is 5.79 Å². The molecule has 202 valence electrons. The molecule has 5 aliphatic rings. The fraction of sp³-hybridized carbons (Fsp3) is 0.867. The summed E-state index contributed by atoms with van der Waals surface area (Å²) in [5.41, 5.74) is -2.56. The lowest BCUT2D eigenvalue weighted by Crippen LogP contribution is -2.68. The lowest BCUT2D eigenvalue weighted by Gasteiger charge is -2.63. The molecule has 0 amide bonds. The normalized spacial score (nSPS) is 52.0. The molecule has 5 fully saturated rings. The van der Waals surface area contributed by atoms with Gasteiger partial charge < -0.3 is 20.1 Å². The topological polar surface area (TPSA) is 107 Å². The quantitative estimate of drug-likeness (QED) is 0.350. The average Bonchev–Trinajstić information content (AvgIpc) is 3.20. The molecule has 1 saturated heterocycles. The number of Topliss-reactive ketones (excluding diaryl/α,β-unsaturated/α-hetero) is 1. The van der Waals surface area contributed by atoms with Gasteiger partial charge in [0.1, 0.15) is 11.4 Å². The summed E-state index contributed by atoms with van der Waals surface area (Å²) in [6.07, 6.45) is 7.64. The van der Waals surface area contributed by atoms with E-state index in [0.717, 1.165) is 19.3 Å². The van der Waals surface area contributed by atoms with Crippen molar-refractivity contribution in [1.82, 2.24) is 0 Å². The Morgan fingerprint density at radius 1 is 1.14 bits per heavy atom. The third-order valence-electron chi connectivity index (χ3n) is 13.1. The molecule has 0 unspecified atom stereocenters. The lowest BCUT2D eigenvalue weighted by molar-refractivity contribution is -0.197. The molecule has 2 spiro atoms. The van der Waals surface area contributed by atoms with Crippen LogP contribution in [0.3, 0.4) is 0 Å². The van der Waals surface area contributed by atoms with Crippen molar-refractivity contribution in [3.8, 4) is 0 Å². The summed E-state index contributed by atoms with van der Waals surface area (Å²) in [5.74, 6) is -1.54. The van der Waals surface area contributed by atoms with Crippen molar-refractivity contribution in [2.45, 2.75) is 124 Å². The van der Waals surface area contributed by atoms with Gasteiger partial charge in [-0.2, -0.15) is 0 Å².